The molecule has 0 aliphatic heterocycles. The van der Waals surface area contributed by atoms with E-state index in [1.807, 2.05) is 0 Å². The number of para-hydroxylation sites is 1. The SMILES string of the molecule is NCCOCCNC(=O)Nc1ccccc1Cl. The number of halogens is 1. The van der Waals surface area contributed by atoms with Crippen molar-refractivity contribution in [3.05, 3.63) is 29.3 Å². The third-order valence-electron chi connectivity index (χ3n) is 1.92. The van der Waals surface area contributed by atoms with Crippen LogP contribution in [-0.2, 0) is 4.74 Å². The molecule has 0 aromatic heterocycles. The summed E-state index contributed by atoms with van der Waals surface area (Å²) in [6, 6.07) is 6.72. The molecule has 0 radical (unpaired) electrons. The molecule has 4 N–H and O–H groups in total. The lowest BCUT2D eigenvalue weighted by atomic mass is 10.3. The third-order valence-corrected chi connectivity index (χ3v) is 2.25. The average molecular weight is 258 g/mol. The quantitative estimate of drug-likeness (QED) is 0.675. The number of nitrogens with two attached hydrogens (primary N) is 1. The minimum atomic E-state index is -0.311. The fourth-order valence-electron chi connectivity index (χ4n) is 1.15. The van der Waals surface area contributed by atoms with E-state index in [-0.39, 0.29) is 6.03 Å². The number of benzene rings is 1. The molecular formula is C11H16ClN3O2. The summed E-state index contributed by atoms with van der Waals surface area (Å²) in [5.74, 6) is 0. The second-order valence-electron chi connectivity index (χ2n) is 3.26. The van der Waals surface area contributed by atoms with Crippen LogP contribution in [0, 0.1) is 0 Å². The molecule has 5 nitrogen and oxygen atoms in total. The molecular weight excluding hydrogens is 242 g/mol. The van der Waals surface area contributed by atoms with Gasteiger partial charge in [-0.1, -0.05) is 23.7 Å². The van der Waals surface area contributed by atoms with Crippen LogP contribution in [0.3, 0.4) is 0 Å². The molecule has 0 aliphatic rings. The standard InChI is InChI=1S/C11H16ClN3O2/c12-9-3-1-2-4-10(9)15-11(16)14-6-8-17-7-5-13/h1-4H,5-8,13H2,(H2,14,15,16). The molecule has 0 aliphatic carbocycles. The summed E-state index contributed by atoms with van der Waals surface area (Å²) in [7, 11) is 0. The maximum absolute atomic E-state index is 11.4. The topological polar surface area (TPSA) is 76.4 Å². The zero-order valence-corrected chi connectivity index (χ0v) is 10.2. The van der Waals surface area contributed by atoms with Crippen molar-refractivity contribution in [3.8, 4) is 0 Å². The molecule has 0 heterocycles. The number of amides is 2. The Bertz CT molecular complexity index is 360. The maximum atomic E-state index is 11.4. The molecule has 0 fully saturated rings. The van der Waals surface area contributed by atoms with Crippen LogP contribution in [0.15, 0.2) is 24.3 Å². The van der Waals surface area contributed by atoms with Gasteiger partial charge in [-0.3, -0.25) is 0 Å². The van der Waals surface area contributed by atoms with Gasteiger partial charge >= 0.3 is 6.03 Å². The smallest absolute Gasteiger partial charge is 0.319 e. The van der Waals surface area contributed by atoms with Crippen molar-refractivity contribution in [2.24, 2.45) is 5.73 Å². The summed E-state index contributed by atoms with van der Waals surface area (Å²) in [5.41, 5.74) is 5.83. The molecule has 1 aromatic rings. The predicted molar refractivity (Wildman–Crippen MR) is 68.3 cm³/mol. The van der Waals surface area contributed by atoms with Crippen LogP contribution < -0.4 is 16.4 Å². The number of nitrogens with one attached hydrogen (secondary N) is 2. The molecule has 0 bridgehead atoms. The van der Waals surface area contributed by atoms with Gasteiger partial charge in [0.05, 0.1) is 23.9 Å². The number of anilines is 1. The Morgan fingerprint density at radius 2 is 2.12 bits per heavy atom. The van der Waals surface area contributed by atoms with E-state index in [1.54, 1.807) is 24.3 Å². The number of rotatable bonds is 6. The average Bonchev–Trinajstić information content (AvgIpc) is 2.32. The first-order valence-electron chi connectivity index (χ1n) is 5.31. The number of carbonyl (C=O) groups is 1. The summed E-state index contributed by atoms with van der Waals surface area (Å²) in [4.78, 5) is 11.4. The van der Waals surface area contributed by atoms with Gasteiger partial charge in [-0.2, -0.15) is 0 Å². The number of hydrogen-bond donors (Lipinski definition) is 3. The summed E-state index contributed by atoms with van der Waals surface area (Å²) in [5, 5.41) is 5.78. The van der Waals surface area contributed by atoms with Crippen LogP contribution in [0.4, 0.5) is 10.5 Å². The molecule has 17 heavy (non-hydrogen) atoms. The van der Waals surface area contributed by atoms with Crippen molar-refractivity contribution in [3.63, 3.8) is 0 Å². The van der Waals surface area contributed by atoms with Crippen molar-refractivity contribution in [1.82, 2.24) is 5.32 Å². The highest BCUT2D eigenvalue weighted by molar-refractivity contribution is 6.33. The van der Waals surface area contributed by atoms with Crippen LogP contribution in [0.25, 0.3) is 0 Å². The summed E-state index contributed by atoms with van der Waals surface area (Å²) >= 11 is 5.89. The molecule has 0 unspecified atom stereocenters. The Balaban J connectivity index is 2.23. The largest absolute Gasteiger partial charge is 0.378 e. The second kappa shape index (κ2) is 7.89. The van der Waals surface area contributed by atoms with Crippen LogP contribution in [0.2, 0.25) is 5.02 Å². The van der Waals surface area contributed by atoms with Crippen LogP contribution in [0.5, 0.6) is 0 Å². The first kappa shape index (κ1) is 13.8. The van der Waals surface area contributed by atoms with Crippen molar-refractivity contribution in [1.29, 1.82) is 0 Å². The third kappa shape index (κ3) is 5.53. The van der Waals surface area contributed by atoms with E-state index in [4.69, 9.17) is 22.1 Å². The van der Waals surface area contributed by atoms with E-state index in [1.165, 1.54) is 0 Å². The van der Waals surface area contributed by atoms with Gasteiger partial charge in [0.25, 0.3) is 0 Å². The van der Waals surface area contributed by atoms with Crippen molar-refractivity contribution < 1.29 is 9.53 Å². The molecule has 1 rings (SSSR count). The Hall–Kier alpha value is -1.30. The highest BCUT2D eigenvalue weighted by atomic mass is 35.5. The number of urea groups is 1. The summed E-state index contributed by atoms with van der Waals surface area (Å²) < 4.78 is 5.11. The van der Waals surface area contributed by atoms with Crippen molar-refractivity contribution in [2.75, 3.05) is 31.6 Å². The summed E-state index contributed by atoms with van der Waals surface area (Å²) in [6.45, 7) is 1.84. The van der Waals surface area contributed by atoms with E-state index in [0.29, 0.717) is 37.0 Å². The molecule has 94 valence electrons. The Morgan fingerprint density at radius 3 is 2.82 bits per heavy atom. The van der Waals surface area contributed by atoms with Crippen LogP contribution >= 0.6 is 11.6 Å². The maximum Gasteiger partial charge on any atom is 0.319 e. The molecule has 0 spiro atoms. The van der Waals surface area contributed by atoms with Gasteiger partial charge in [-0.15, -0.1) is 0 Å². The molecule has 0 atom stereocenters. The fraction of sp³-hybridized carbons (Fsp3) is 0.364. The van der Waals surface area contributed by atoms with E-state index in [2.05, 4.69) is 10.6 Å². The molecule has 2 amide bonds. The monoisotopic (exact) mass is 257 g/mol. The molecule has 0 saturated heterocycles. The molecule has 1 aromatic carbocycles. The number of ether oxygens (including phenoxy) is 1. The van der Waals surface area contributed by atoms with E-state index in [0.717, 1.165) is 0 Å². The molecule has 0 saturated carbocycles. The van der Waals surface area contributed by atoms with Gasteiger partial charge in [-0.05, 0) is 12.1 Å². The van der Waals surface area contributed by atoms with Crippen molar-refractivity contribution in [2.45, 2.75) is 0 Å². The van der Waals surface area contributed by atoms with Gasteiger partial charge in [-0.25, -0.2) is 4.79 Å². The lowest BCUT2D eigenvalue weighted by Crippen LogP contribution is -2.32. The van der Waals surface area contributed by atoms with Crippen LogP contribution in [0.1, 0.15) is 0 Å². The van der Waals surface area contributed by atoms with Crippen LogP contribution in [-0.4, -0.2) is 32.3 Å². The van der Waals surface area contributed by atoms with Gasteiger partial charge in [0, 0.05) is 13.1 Å². The normalized spacial score (nSPS) is 10.0. The van der Waals surface area contributed by atoms with Crippen molar-refractivity contribution >= 4 is 23.3 Å². The van der Waals surface area contributed by atoms with E-state index < -0.39 is 0 Å². The molecule has 6 heteroatoms. The Morgan fingerprint density at radius 1 is 1.35 bits per heavy atom. The zero-order valence-electron chi connectivity index (χ0n) is 9.41. The lowest BCUT2D eigenvalue weighted by molar-refractivity contribution is 0.144. The first-order chi connectivity index (χ1) is 8.24. The lowest BCUT2D eigenvalue weighted by Gasteiger charge is -2.08. The minimum Gasteiger partial charge on any atom is -0.378 e. The fourth-order valence-corrected chi connectivity index (χ4v) is 1.33. The first-order valence-corrected chi connectivity index (χ1v) is 5.69. The number of hydrogen-bond acceptors (Lipinski definition) is 3. The Kier molecular flexibility index (Phi) is 6.39. The zero-order chi connectivity index (χ0) is 12.5. The minimum absolute atomic E-state index is 0.311. The van der Waals surface area contributed by atoms with Gasteiger partial charge < -0.3 is 21.1 Å². The summed E-state index contributed by atoms with van der Waals surface area (Å²) in [6.07, 6.45) is 0. The van der Waals surface area contributed by atoms with Gasteiger partial charge in [0.15, 0.2) is 0 Å². The van der Waals surface area contributed by atoms with E-state index >= 15 is 0 Å². The van der Waals surface area contributed by atoms with E-state index in [9.17, 15) is 4.79 Å². The predicted octanol–water partition coefficient (Wildman–Crippen LogP) is 1.44. The Labute approximate surface area is 105 Å². The second-order valence-corrected chi connectivity index (χ2v) is 3.67. The van der Waals surface area contributed by atoms with Gasteiger partial charge in [0.1, 0.15) is 0 Å². The highest BCUT2D eigenvalue weighted by Gasteiger charge is 2.03. The number of carbonyl (C=O) groups excluding carboxylic acids is 1. The van der Waals surface area contributed by atoms with Gasteiger partial charge in [0.2, 0.25) is 0 Å². The highest BCUT2D eigenvalue weighted by Crippen LogP contribution is 2.19.